The molecule has 0 saturated heterocycles. The minimum Gasteiger partial charge on any atom is -0.369 e. The molecule has 0 aromatic carbocycles. The van der Waals surface area contributed by atoms with Gasteiger partial charge in [0.25, 0.3) is 0 Å². The molecule has 1 N–H and O–H groups in total. The van der Waals surface area contributed by atoms with Gasteiger partial charge in [-0.3, -0.25) is 0 Å². The standard InChI is InChI=1S/C11H19N3S/c1-11(2,3)9-7-10(14-8-13-9)12-5-6-15-4/h7-8H,5-6H2,1-4H3,(H,12,13,14). The van der Waals surface area contributed by atoms with Crippen LogP contribution in [0.25, 0.3) is 0 Å². The molecule has 1 rings (SSSR count). The summed E-state index contributed by atoms with van der Waals surface area (Å²) in [6.07, 6.45) is 3.73. The van der Waals surface area contributed by atoms with E-state index >= 15 is 0 Å². The lowest BCUT2D eigenvalue weighted by molar-refractivity contribution is 0.567. The predicted molar refractivity (Wildman–Crippen MR) is 67.6 cm³/mol. The zero-order chi connectivity index (χ0) is 11.3. The van der Waals surface area contributed by atoms with Crippen LogP contribution in [0.1, 0.15) is 26.5 Å². The Hall–Kier alpha value is -0.770. The maximum absolute atomic E-state index is 4.28. The fourth-order valence-corrected chi connectivity index (χ4v) is 1.45. The summed E-state index contributed by atoms with van der Waals surface area (Å²) in [5, 5.41) is 3.29. The van der Waals surface area contributed by atoms with Gasteiger partial charge in [-0.25, -0.2) is 9.97 Å². The quantitative estimate of drug-likeness (QED) is 0.799. The van der Waals surface area contributed by atoms with Crippen molar-refractivity contribution in [2.75, 3.05) is 23.9 Å². The Morgan fingerprint density at radius 1 is 1.33 bits per heavy atom. The van der Waals surface area contributed by atoms with E-state index in [9.17, 15) is 0 Å². The van der Waals surface area contributed by atoms with Crippen LogP contribution in [-0.4, -0.2) is 28.5 Å². The maximum Gasteiger partial charge on any atom is 0.129 e. The van der Waals surface area contributed by atoms with E-state index in [2.05, 4.69) is 42.3 Å². The van der Waals surface area contributed by atoms with Crippen LogP contribution < -0.4 is 5.32 Å². The lowest BCUT2D eigenvalue weighted by Crippen LogP contribution is -2.15. The van der Waals surface area contributed by atoms with E-state index in [1.165, 1.54) is 0 Å². The summed E-state index contributed by atoms with van der Waals surface area (Å²) in [7, 11) is 0. The highest BCUT2D eigenvalue weighted by atomic mass is 32.2. The third-order valence-electron chi connectivity index (χ3n) is 2.05. The predicted octanol–water partition coefficient (Wildman–Crippen LogP) is 2.55. The summed E-state index contributed by atoms with van der Waals surface area (Å²) in [4.78, 5) is 8.48. The Labute approximate surface area is 96.1 Å². The number of aromatic nitrogens is 2. The Bertz CT molecular complexity index is 307. The van der Waals surface area contributed by atoms with Gasteiger partial charge in [0, 0.05) is 23.8 Å². The van der Waals surface area contributed by atoms with Gasteiger partial charge in [-0.2, -0.15) is 11.8 Å². The summed E-state index contributed by atoms with van der Waals surface area (Å²) in [5.41, 5.74) is 1.16. The molecule has 0 amide bonds. The van der Waals surface area contributed by atoms with Crippen LogP contribution in [0.2, 0.25) is 0 Å². The summed E-state index contributed by atoms with van der Waals surface area (Å²) >= 11 is 1.82. The number of anilines is 1. The first-order valence-corrected chi connectivity index (χ1v) is 6.49. The van der Waals surface area contributed by atoms with Crippen LogP contribution in [0.15, 0.2) is 12.4 Å². The number of nitrogens with zero attached hydrogens (tertiary/aromatic N) is 2. The van der Waals surface area contributed by atoms with Crippen LogP contribution in [0.3, 0.4) is 0 Å². The lowest BCUT2D eigenvalue weighted by atomic mass is 9.92. The first-order valence-electron chi connectivity index (χ1n) is 5.09. The number of hydrogen-bond acceptors (Lipinski definition) is 4. The van der Waals surface area contributed by atoms with E-state index in [1.54, 1.807) is 6.33 Å². The molecule has 0 saturated carbocycles. The Kier molecular flexibility index (Phi) is 4.39. The molecule has 0 unspecified atom stereocenters. The Morgan fingerprint density at radius 3 is 2.67 bits per heavy atom. The van der Waals surface area contributed by atoms with Crippen molar-refractivity contribution in [3.63, 3.8) is 0 Å². The van der Waals surface area contributed by atoms with E-state index in [0.29, 0.717) is 0 Å². The molecular weight excluding hydrogens is 206 g/mol. The highest BCUT2D eigenvalue weighted by molar-refractivity contribution is 7.98. The molecular formula is C11H19N3S. The molecule has 0 spiro atoms. The second kappa shape index (κ2) is 5.35. The molecule has 3 nitrogen and oxygen atoms in total. The number of hydrogen-bond donors (Lipinski definition) is 1. The van der Waals surface area contributed by atoms with Crippen LogP contribution >= 0.6 is 11.8 Å². The maximum atomic E-state index is 4.28. The lowest BCUT2D eigenvalue weighted by Gasteiger charge is -2.17. The van der Waals surface area contributed by atoms with Crippen LogP contribution in [0.5, 0.6) is 0 Å². The number of rotatable bonds is 4. The first kappa shape index (κ1) is 12.3. The van der Waals surface area contributed by atoms with E-state index in [1.807, 2.05) is 17.8 Å². The van der Waals surface area contributed by atoms with Crippen LogP contribution in [0, 0.1) is 0 Å². The highest BCUT2D eigenvalue weighted by Crippen LogP contribution is 2.20. The van der Waals surface area contributed by atoms with E-state index < -0.39 is 0 Å². The van der Waals surface area contributed by atoms with Crippen molar-refractivity contribution >= 4 is 17.6 Å². The van der Waals surface area contributed by atoms with Crippen LogP contribution in [0.4, 0.5) is 5.82 Å². The molecule has 0 aliphatic rings. The van der Waals surface area contributed by atoms with Crippen molar-refractivity contribution in [2.24, 2.45) is 0 Å². The Morgan fingerprint density at radius 2 is 2.07 bits per heavy atom. The number of thioether (sulfide) groups is 1. The zero-order valence-corrected chi connectivity index (χ0v) is 10.7. The highest BCUT2D eigenvalue weighted by Gasteiger charge is 2.15. The van der Waals surface area contributed by atoms with Crippen LogP contribution in [-0.2, 0) is 5.41 Å². The van der Waals surface area contributed by atoms with Gasteiger partial charge in [-0.05, 0) is 6.26 Å². The van der Waals surface area contributed by atoms with E-state index in [0.717, 1.165) is 23.8 Å². The van der Waals surface area contributed by atoms with Gasteiger partial charge in [-0.15, -0.1) is 0 Å². The van der Waals surface area contributed by atoms with E-state index in [-0.39, 0.29) is 5.41 Å². The second-order valence-electron chi connectivity index (χ2n) is 4.46. The molecule has 0 aliphatic carbocycles. The molecule has 0 fully saturated rings. The fourth-order valence-electron chi connectivity index (χ4n) is 1.15. The molecule has 4 heteroatoms. The smallest absolute Gasteiger partial charge is 0.129 e. The summed E-state index contributed by atoms with van der Waals surface area (Å²) in [6, 6.07) is 2.03. The molecule has 1 aromatic heterocycles. The third-order valence-corrected chi connectivity index (χ3v) is 2.66. The SMILES string of the molecule is CSCCNc1cc(C(C)(C)C)ncn1. The van der Waals surface area contributed by atoms with E-state index in [4.69, 9.17) is 0 Å². The van der Waals surface area contributed by atoms with Gasteiger partial charge < -0.3 is 5.32 Å². The molecule has 0 bridgehead atoms. The molecule has 0 atom stereocenters. The van der Waals surface area contributed by atoms with Gasteiger partial charge in [0.2, 0.25) is 0 Å². The third kappa shape index (κ3) is 4.08. The van der Waals surface area contributed by atoms with Crippen molar-refractivity contribution < 1.29 is 0 Å². The van der Waals surface area contributed by atoms with Gasteiger partial charge in [0.1, 0.15) is 12.1 Å². The molecule has 0 aliphatic heterocycles. The molecule has 1 heterocycles. The summed E-state index contributed by atoms with van der Waals surface area (Å²) < 4.78 is 0. The second-order valence-corrected chi connectivity index (χ2v) is 5.44. The average Bonchev–Trinajstić information content (AvgIpc) is 2.17. The number of nitrogens with one attached hydrogen (secondary N) is 1. The minimum atomic E-state index is 0.0822. The first-order chi connectivity index (χ1) is 7.04. The normalized spacial score (nSPS) is 11.5. The zero-order valence-electron chi connectivity index (χ0n) is 9.87. The van der Waals surface area contributed by atoms with Gasteiger partial charge in [-0.1, -0.05) is 20.8 Å². The largest absolute Gasteiger partial charge is 0.369 e. The molecule has 15 heavy (non-hydrogen) atoms. The molecule has 1 aromatic rings. The average molecular weight is 225 g/mol. The van der Waals surface area contributed by atoms with Crippen molar-refractivity contribution in [1.82, 2.24) is 9.97 Å². The van der Waals surface area contributed by atoms with Crippen molar-refractivity contribution in [3.8, 4) is 0 Å². The van der Waals surface area contributed by atoms with Crippen molar-refractivity contribution in [2.45, 2.75) is 26.2 Å². The van der Waals surface area contributed by atoms with Crippen molar-refractivity contribution in [3.05, 3.63) is 18.1 Å². The minimum absolute atomic E-state index is 0.0822. The summed E-state index contributed by atoms with van der Waals surface area (Å²) in [5.74, 6) is 2.01. The van der Waals surface area contributed by atoms with Crippen molar-refractivity contribution in [1.29, 1.82) is 0 Å². The monoisotopic (exact) mass is 225 g/mol. The van der Waals surface area contributed by atoms with Gasteiger partial charge in [0.15, 0.2) is 0 Å². The van der Waals surface area contributed by atoms with Gasteiger partial charge in [0.05, 0.1) is 5.69 Å². The summed E-state index contributed by atoms with van der Waals surface area (Å²) in [6.45, 7) is 7.41. The van der Waals surface area contributed by atoms with Gasteiger partial charge >= 0.3 is 0 Å². The topological polar surface area (TPSA) is 37.8 Å². The molecule has 0 radical (unpaired) electrons. The fraction of sp³-hybridized carbons (Fsp3) is 0.636. The molecule has 84 valence electrons. The Balaban J connectivity index is 2.66.